The first-order chi connectivity index (χ1) is 7.22. The third-order valence-electron chi connectivity index (χ3n) is 4.40. The minimum atomic E-state index is 0.483. The molecule has 0 radical (unpaired) electrons. The van der Waals surface area contributed by atoms with Gasteiger partial charge in [0.2, 0.25) is 0 Å². The summed E-state index contributed by atoms with van der Waals surface area (Å²) in [6.45, 7) is 5.96. The Morgan fingerprint density at radius 3 is 2.20 bits per heavy atom. The molecule has 0 aromatic heterocycles. The van der Waals surface area contributed by atoms with Gasteiger partial charge in [0.1, 0.15) is 0 Å². The smallest absolute Gasteiger partial charge is 0.00992 e. The first kappa shape index (κ1) is 11.4. The van der Waals surface area contributed by atoms with Crippen molar-refractivity contribution in [1.29, 1.82) is 0 Å². The van der Waals surface area contributed by atoms with E-state index in [0.29, 0.717) is 6.04 Å². The molecule has 2 nitrogen and oxygen atoms in total. The number of nitrogens with two attached hydrogens (primary N) is 1. The molecular formula is C13H26N2. The Kier molecular flexibility index (Phi) is 3.68. The van der Waals surface area contributed by atoms with Crippen LogP contribution in [0.25, 0.3) is 0 Å². The number of rotatable bonds is 4. The van der Waals surface area contributed by atoms with Crippen LogP contribution in [-0.4, -0.2) is 29.6 Å². The van der Waals surface area contributed by atoms with Gasteiger partial charge < -0.3 is 5.73 Å². The lowest BCUT2D eigenvalue weighted by molar-refractivity contribution is 0.103. The molecule has 0 spiro atoms. The second-order valence-corrected chi connectivity index (χ2v) is 5.48. The second-order valence-electron chi connectivity index (χ2n) is 5.48. The van der Waals surface area contributed by atoms with Crippen LogP contribution < -0.4 is 5.73 Å². The summed E-state index contributed by atoms with van der Waals surface area (Å²) >= 11 is 0. The van der Waals surface area contributed by atoms with Crippen LogP contribution in [0, 0.1) is 5.92 Å². The van der Waals surface area contributed by atoms with Gasteiger partial charge in [-0.3, -0.25) is 4.90 Å². The summed E-state index contributed by atoms with van der Waals surface area (Å²) in [7, 11) is 0. The molecule has 0 saturated heterocycles. The molecular weight excluding hydrogens is 184 g/mol. The third kappa shape index (κ3) is 2.73. The van der Waals surface area contributed by atoms with Crippen LogP contribution in [0.3, 0.4) is 0 Å². The molecule has 15 heavy (non-hydrogen) atoms. The highest BCUT2D eigenvalue weighted by molar-refractivity contribution is 4.90. The van der Waals surface area contributed by atoms with Crippen molar-refractivity contribution in [3.8, 4) is 0 Å². The molecule has 2 rings (SSSR count). The van der Waals surface area contributed by atoms with Crippen molar-refractivity contribution in [1.82, 2.24) is 4.90 Å². The molecule has 1 atom stereocenters. The van der Waals surface area contributed by atoms with Gasteiger partial charge in [-0.15, -0.1) is 0 Å². The van der Waals surface area contributed by atoms with Crippen LogP contribution in [0.2, 0.25) is 0 Å². The van der Waals surface area contributed by atoms with E-state index in [-0.39, 0.29) is 0 Å². The molecule has 2 heteroatoms. The molecule has 2 fully saturated rings. The zero-order valence-corrected chi connectivity index (χ0v) is 10.3. The monoisotopic (exact) mass is 210 g/mol. The molecule has 0 aromatic carbocycles. The Balaban J connectivity index is 1.87. The van der Waals surface area contributed by atoms with Crippen LogP contribution >= 0.6 is 0 Å². The first-order valence-electron chi connectivity index (χ1n) is 6.73. The highest BCUT2D eigenvalue weighted by Gasteiger charge is 2.35. The van der Waals surface area contributed by atoms with E-state index in [1.165, 1.54) is 45.1 Å². The zero-order valence-electron chi connectivity index (χ0n) is 10.3. The van der Waals surface area contributed by atoms with E-state index in [0.717, 1.165) is 18.0 Å². The predicted molar refractivity (Wildman–Crippen MR) is 64.8 cm³/mol. The molecule has 88 valence electrons. The summed E-state index contributed by atoms with van der Waals surface area (Å²) in [5.74, 6) is 1.00. The van der Waals surface area contributed by atoms with Gasteiger partial charge in [0, 0.05) is 18.1 Å². The molecule has 1 unspecified atom stereocenters. The number of nitrogens with zero attached hydrogens (tertiary/aromatic N) is 1. The topological polar surface area (TPSA) is 29.3 Å². The van der Waals surface area contributed by atoms with Crippen LogP contribution in [-0.2, 0) is 0 Å². The van der Waals surface area contributed by atoms with E-state index in [4.69, 9.17) is 5.73 Å². The van der Waals surface area contributed by atoms with Crippen molar-refractivity contribution in [2.24, 2.45) is 11.7 Å². The van der Waals surface area contributed by atoms with E-state index < -0.39 is 0 Å². The van der Waals surface area contributed by atoms with Gasteiger partial charge >= 0.3 is 0 Å². The average Bonchev–Trinajstić information content (AvgIpc) is 3.05. The minimum absolute atomic E-state index is 0.483. The summed E-state index contributed by atoms with van der Waals surface area (Å²) in [6, 6.07) is 2.12. The summed E-state index contributed by atoms with van der Waals surface area (Å²) in [4.78, 5) is 2.74. The molecule has 2 saturated carbocycles. The van der Waals surface area contributed by atoms with Crippen LogP contribution in [0.15, 0.2) is 0 Å². The molecule has 0 bridgehead atoms. The van der Waals surface area contributed by atoms with Crippen molar-refractivity contribution in [2.45, 2.75) is 70.5 Å². The maximum atomic E-state index is 5.97. The Morgan fingerprint density at radius 1 is 1.13 bits per heavy atom. The van der Waals surface area contributed by atoms with Crippen LogP contribution in [0.5, 0.6) is 0 Å². The van der Waals surface area contributed by atoms with Gasteiger partial charge in [-0.05, 0) is 57.9 Å². The first-order valence-corrected chi connectivity index (χ1v) is 6.73. The molecule has 0 heterocycles. The van der Waals surface area contributed by atoms with Gasteiger partial charge in [0.25, 0.3) is 0 Å². The van der Waals surface area contributed by atoms with E-state index in [9.17, 15) is 0 Å². The molecule has 2 aliphatic carbocycles. The Bertz CT molecular complexity index is 193. The van der Waals surface area contributed by atoms with Gasteiger partial charge in [-0.1, -0.05) is 6.92 Å². The molecule has 0 aromatic rings. The Labute approximate surface area is 94.2 Å². The highest BCUT2D eigenvalue weighted by atomic mass is 15.2. The fraction of sp³-hybridized carbons (Fsp3) is 1.00. The van der Waals surface area contributed by atoms with Gasteiger partial charge in [0.05, 0.1) is 0 Å². The number of hydrogen-bond donors (Lipinski definition) is 1. The van der Waals surface area contributed by atoms with Gasteiger partial charge in [0.15, 0.2) is 0 Å². The maximum absolute atomic E-state index is 5.97. The summed E-state index contributed by atoms with van der Waals surface area (Å²) in [5.41, 5.74) is 5.97. The van der Waals surface area contributed by atoms with E-state index >= 15 is 0 Å². The van der Waals surface area contributed by atoms with Crippen molar-refractivity contribution < 1.29 is 0 Å². The molecule has 0 aliphatic heterocycles. The lowest BCUT2D eigenvalue weighted by Crippen LogP contribution is -2.46. The largest absolute Gasteiger partial charge is 0.328 e. The Hall–Kier alpha value is -0.0800. The van der Waals surface area contributed by atoms with Crippen molar-refractivity contribution in [3.63, 3.8) is 0 Å². The fourth-order valence-electron chi connectivity index (χ4n) is 3.16. The Morgan fingerprint density at radius 2 is 1.73 bits per heavy atom. The zero-order chi connectivity index (χ0) is 10.8. The average molecular weight is 210 g/mol. The predicted octanol–water partition coefficient (Wildman–Crippen LogP) is 2.38. The summed E-state index contributed by atoms with van der Waals surface area (Å²) in [6.07, 6.45) is 8.04. The standard InChI is InChI=1S/C13H26N2/c1-3-15(10(2)11-4-5-11)13-8-6-12(14)7-9-13/h10-13H,3-9,14H2,1-2H3. The minimum Gasteiger partial charge on any atom is -0.328 e. The van der Waals surface area contributed by atoms with E-state index in [1.807, 2.05) is 0 Å². The van der Waals surface area contributed by atoms with E-state index in [2.05, 4.69) is 18.7 Å². The van der Waals surface area contributed by atoms with Crippen molar-refractivity contribution in [2.75, 3.05) is 6.54 Å². The summed E-state index contributed by atoms with van der Waals surface area (Å²) in [5, 5.41) is 0. The SMILES string of the molecule is CCN(C1CCC(N)CC1)C(C)C1CC1. The number of hydrogen-bond acceptors (Lipinski definition) is 2. The van der Waals surface area contributed by atoms with Crippen molar-refractivity contribution in [3.05, 3.63) is 0 Å². The van der Waals surface area contributed by atoms with Crippen LogP contribution in [0.1, 0.15) is 52.4 Å². The molecule has 2 N–H and O–H groups in total. The molecule has 2 aliphatic rings. The third-order valence-corrected chi connectivity index (χ3v) is 4.40. The van der Waals surface area contributed by atoms with Gasteiger partial charge in [-0.25, -0.2) is 0 Å². The quantitative estimate of drug-likeness (QED) is 0.772. The van der Waals surface area contributed by atoms with E-state index in [1.54, 1.807) is 0 Å². The molecule has 0 amide bonds. The normalized spacial score (nSPS) is 34.4. The summed E-state index contributed by atoms with van der Waals surface area (Å²) < 4.78 is 0. The van der Waals surface area contributed by atoms with Crippen LogP contribution in [0.4, 0.5) is 0 Å². The maximum Gasteiger partial charge on any atom is 0.00992 e. The lowest BCUT2D eigenvalue weighted by atomic mass is 9.89. The fourth-order valence-corrected chi connectivity index (χ4v) is 3.16. The van der Waals surface area contributed by atoms with Crippen molar-refractivity contribution >= 4 is 0 Å². The second kappa shape index (κ2) is 4.84. The van der Waals surface area contributed by atoms with Gasteiger partial charge in [-0.2, -0.15) is 0 Å². The lowest BCUT2D eigenvalue weighted by Gasteiger charge is -2.39. The highest BCUT2D eigenvalue weighted by Crippen LogP contribution is 2.37.